The highest BCUT2D eigenvalue weighted by molar-refractivity contribution is 9.10. The number of aromatic nitrogens is 4. The predicted octanol–water partition coefficient (Wildman–Crippen LogP) is 4.83. The topological polar surface area (TPSA) is 63.4 Å². The molecule has 1 aliphatic heterocycles. The Morgan fingerprint density at radius 3 is 2.47 bits per heavy atom. The predicted molar refractivity (Wildman–Crippen MR) is 119 cm³/mol. The number of halogens is 1. The van der Waals surface area contributed by atoms with E-state index < -0.39 is 5.41 Å². The summed E-state index contributed by atoms with van der Waals surface area (Å²) in [5.74, 6) is -0.0300. The number of fused-ring (bicyclic) bond motifs is 1. The Hall–Kier alpha value is -3.32. The number of carbonyl (C=O) groups excluding carboxylic acids is 1. The Kier molecular flexibility index (Phi) is 4.29. The number of anilines is 1. The van der Waals surface area contributed by atoms with Crippen LogP contribution in [0.2, 0.25) is 0 Å². The van der Waals surface area contributed by atoms with Crippen molar-refractivity contribution in [3.63, 3.8) is 0 Å². The first-order valence-corrected chi connectivity index (χ1v) is 10.3. The summed E-state index contributed by atoms with van der Waals surface area (Å²) in [5.41, 5.74) is 3.76. The number of pyridine rings is 2. The van der Waals surface area contributed by atoms with Crippen LogP contribution in [0, 0.1) is 5.41 Å². The van der Waals surface area contributed by atoms with Crippen molar-refractivity contribution in [1.82, 2.24) is 19.8 Å². The van der Waals surface area contributed by atoms with Crippen molar-refractivity contribution >= 4 is 44.3 Å². The first-order valence-electron chi connectivity index (χ1n) is 9.55. The Balaban J connectivity index is 1.86. The van der Waals surface area contributed by atoms with Crippen LogP contribution < -0.4 is 4.90 Å². The molecule has 0 radical (unpaired) electrons. The zero-order valence-electron chi connectivity index (χ0n) is 16.5. The molecule has 1 aliphatic rings. The van der Waals surface area contributed by atoms with Gasteiger partial charge in [-0.1, -0.05) is 33.3 Å². The van der Waals surface area contributed by atoms with E-state index in [4.69, 9.17) is 0 Å². The van der Waals surface area contributed by atoms with Gasteiger partial charge in [0.2, 0.25) is 5.91 Å². The van der Waals surface area contributed by atoms with Crippen LogP contribution in [0.5, 0.6) is 0 Å². The maximum absolute atomic E-state index is 13.7. The molecular weight excluding hydrogens is 442 g/mol. The molecule has 1 aromatic carbocycles. The summed E-state index contributed by atoms with van der Waals surface area (Å²) in [5, 5.41) is 8.74. The van der Waals surface area contributed by atoms with Crippen LogP contribution in [-0.2, 0) is 4.79 Å². The van der Waals surface area contributed by atoms with Crippen molar-refractivity contribution in [1.29, 1.82) is 0 Å². The normalized spacial score (nSPS) is 16.0. The van der Waals surface area contributed by atoms with Crippen molar-refractivity contribution in [2.75, 3.05) is 4.90 Å². The molecule has 148 valence electrons. The number of hydrogen-bond acceptors (Lipinski definition) is 4. The molecule has 0 fully saturated rings. The molecule has 0 N–H and O–H groups in total. The van der Waals surface area contributed by atoms with Crippen molar-refractivity contribution < 1.29 is 4.79 Å². The van der Waals surface area contributed by atoms with E-state index in [2.05, 4.69) is 31.2 Å². The number of hydrogen-bond donors (Lipinski definition) is 0. The van der Waals surface area contributed by atoms with Gasteiger partial charge in [-0.2, -0.15) is 0 Å². The molecular formula is C23H18BrN5O. The standard InChI is InChI=1S/C23H18BrN5O/c1-23(2)19(17-7-3-5-13-25-17)21(20-18-8-4-6-14-28(18)27-26-20)29(22(23)30)16-11-9-15(24)10-12-16/h3-14H,1-2H3. The molecule has 0 saturated heterocycles. The third kappa shape index (κ3) is 2.77. The van der Waals surface area contributed by atoms with Crippen LogP contribution in [0.25, 0.3) is 16.8 Å². The SMILES string of the molecule is CC1(C)C(=O)N(c2ccc(Br)cc2)C(c2nnn3ccccc23)=C1c1ccccn1. The zero-order chi connectivity index (χ0) is 20.9. The largest absolute Gasteiger partial charge is 0.278 e. The Labute approximate surface area is 182 Å². The fraction of sp³-hybridized carbons (Fsp3) is 0.130. The highest BCUT2D eigenvalue weighted by atomic mass is 79.9. The molecule has 3 aromatic heterocycles. The summed E-state index contributed by atoms with van der Waals surface area (Å²) in [6, 6.07) is 19.2. The number of carbonyl (C=O) groups is 1. The zero-order valence-corrected chi connectivity index (χ0v) is 18.0. The van der Waals surface area contributed by atoms with E-state index >= 15 is 0 Å². The molecule has 0 bridgehead atoms. The van der Waals surface area contributed by atoms with E-state index in [1.807, 2.05) is 80.7 Å². The van der Waals surface area contributed by atoms with Gasteiger partial charge in [-0.05, 0) is 62.4 Å². The molecule has 30 heavy (non-hydrogen) atoms. The van der Waals surface area contributed by atoms with Gasteiger partial charge in [-0.3, -0.25) is 14.7 Å². The van der Waals surface area contributed by atoms with E-state index in [1.54, 1.807) is 15.6 Å². The fourth-order valence-corrected chi connectivity index (χ4v) is 4.19. The van der Waals surface area contributed by atoms with Crippen molar-refractivity contribution in [3.8, 4) is 0 Å². The molecule has 4 heterocycles. The minimum Gasteiger partial charge on any atom is -0.278 e. The smallest absolute Gasteiger partial charge is 0.241 e. The molecule has 6 nitrogen and oxygen atoms in total. The highest BCUT2D eigenvalue weighted by Gasteiger charge is 2.49. The quantitative estimate of drug-likeness (QED) is 0.440. The lowest BCUT2D eigenvalue weighted by molar-refractivity contribution is -0.122. The van der Waals surface area contributed by atoms with Crippen LogP contribution in [0.4, 0.5) is 5.69 Å². The number of nitrogens with zero attached hydrogens (tertiary/aromatic N) is 5. The summed E-state index contributed by atoms with van der Waals surface area (Å²) >= 11 is 3.48. The Bertz CT molecular complexity index is 1290. The van der Waals surface area contributed by atoms with Crippen LogP contribution in [0.15, 0.2) is 77.5 Å². The molecule has 0 atom stereocenters. The molecule has 0 aliphatic carbocycles. The minimum atomic E-state index is -0.790. The summed E-state index contributed by atoms with van der Waals surface area (Å²) in [6.45, 7) is 3.87. The van der Waals surface area contributed by atoms with Gasteiger partial charge < -0.3 is 0 Å². The highest BCUT2D eigenvalue weighted by Crippen LogP contribution is 2.50. The molecule has 0 saturated carbocycles. The molecule has 0 unspecified atom stereocenters. The second-order valence-corrected chi connectivity index (χ2v) is 8.56. The summed E-state index contributed by atoms with van der Waals surface area (Å²) in [6.07, 6.45) is 3.59. The van der Waals surface area contributed by atoms with Gasteiger partial charge in [0, 0.05) is 28.1 Å². The van der Waals surface area contributed by atoms with Gasteiger partial charge in [0.1, 0.15) is 5.69 Å². The third-order valence-electron chi connectivity index (χ3n) is 5.38. The van der Waals surface area contributed by atoms with E-state index in [0.717, 1.165) is 26.9 Å². The van der Waals surface area contributed by atoms with E-state index in [-0.39, 0.29) is 5.91 Å². The maximum atomic E-state index is 13.7. The first-order chi connectivity index (χ1) is 14.5. The van der Waals surface area contributed by atoms with Crippen molar-refractivity contribution in [2.45, 2.75) is 13.8 Å². The Morgan fingerprint density at radius 1 is 0.967 bits per heavy atom. The average molecular weight is 460 g/mol. The lowest BCUT2D eigenvalue weighted by atomic mass is 9.82. The van der Waals surface area contributed by atoms with E-state index in [0.29, 0.717) is 11.4 Å². The molecule has 1 amide bonds. The summed E-state index contributed by atoms with van der Waals surface area (Å²) < 4.78 is 2.66. The van der Waals surface area contributed by atoms with Gasteiger partial charge in [0.25, 0.3) is 0 Å². The number of rotatable bonds is 3. The number of benzene rings is 1. The van der Waals surface area contributed by atoms with Crippen LogP contribution >= 0.6 is 15.9 Å². The summed E-state index contributed by atoms with van der Waals surface area (Å²) in [7, 11) is 0. The maximum Gasteiger partial charge on any atom is 0.241 e. The van der Waals surface area contributed by atoms with Crippen LogP contribution in [0.3, 0.4) is 0 Å². The lowest BCUT2D eigenvalue weighted by Gasteiger charge is -2.23. The molecule has 4 aromatic rings. The van der Waals surface area contributed by atoms with Gasteiger partial charge in [-0.25, -0.2) is 4.52 Å². The van der Waals surface area contributed by atoms with Crippen molar-refractivity contribution in [2.24, 2.45) is 5.41 Å². The van der Waals surface area contributed by atoms with Gasteiger partial charge >= 0.3 is 0 Å². The second-order valence-electron chi connectivity index (χ2n) is 7.65. The number of amides is 1. The van der Waals surface area contributed by atoms with E-state index in [9.17, 15) is 4.79 Å². The van der Waals surface area contributed by atoms with Gasteiger partial charge in [0.05, 0.1) is 22.3 Å². The minimum absolute atomic E-state index is 0.0300. The van der Waals surface area contributed by atoms with Crippen LogP contribution in [0.1, 0.15) is 25.2 Å². The molecule has 5 rings (SSSR count). The van der Waals surface area contributed by atoms with E-state index in [1.165, 1.54) is 0 Å². The molecule has 7 heteroatoms. The molecule has 0 spiro atoms. The summed E-state index contributed by atoms with van der Waals surface area (Å²) in [4.78, 5) is 20.0. The second kappa shape index (κ2) is 6.88. The third-order valence-corrected chi connectivity index (χ3v) is 5.90. The monoisotopic (exact) mass is 459 g/mol. The lowest BCUT2D eigenvalue weighted by Crippen LogP contribution is -2.33. The van der Waals surface area contributed by atoms with Crippen LogP contribution in [-0.4, -0.2) is 25.7 Å². The van der Waals surface area contributed by atoms with Gasteiger partial charge in [-0.15, -0.1) is 5.10 Å². The average Bonchev–Trinajstić information content (AvgIpc) is 3.26. The van der Waals surface area contributed by atoms with Gasteiger partial charge in [0.15, 0.2) is 0 Å². The Morgan fingerprint density at radius 2 is 1.73 bits per heavy atom. The fourth-order valence-electron chi connectivity index (χ4n) is 3.92. The first kappa shape index (κ1) is 18.7. The van der Waals surface area contributed by atoms with Crippen molar-refractivity contribution in [3.05, 3.63) is 88.9 Å².